The lowest BCUT2D eigenvalue weighted by Crippen LogP contribution is -2.13. The molecule has 0 saturated carbocycles. The van der Waals surface area contributed by atoms with E-state index < -0.39 is 13.0 Å². The van der Waals surface area contributed by atoms with Gasteiger partial charge in [0.1, 0.15) is 6.61 Å². The number of ether oxygens (including phenoxy) is 1. The molecule has 0 radical (unpaired) electrons. The molecule has 0 aromatic heterocycles. The van der Waals surface area contributed by atoms with Gasteiger partial charge in [0.25, 0.3) is 6.43 Å². The van der Waals surface area contributed by atoms with Crippen LogP contribution in [-0.2, 0) is 4.74 Å². The Morgan fingerprint density at radius 2 is 2.24 bits per heavy atom. The number of rotatable bonds is 6. The smallest absolute Gasteiger partial charge is 0.261 e. The molecule has 0 fully saturated rings. The molecule has 0 aliphatic carbocycles. The van der Waals surface area contributed by atoms with E-state index in [0.717, 1.165) is 10.2 Å². The van der Waals surface area contributed by atoms with Crippen LogP contribution in [-0.4, -0.2) is 26.2 Å². The molecule has 3 nitrogen and oxygen atoms in total. The van der Waals surface area contributed by atoms with Gasteiger partial charge in [0.15, 0.2) is 0 Å². The van der Waals surface area contributed by atoms with E-state index in [1.165, 1.54) is 0 Å². The van der Waals surface area contributed by atoms with Gasteiger partial charge in [0, 0.05) is 16.7 Å². The van der Waals surface area contributed by atoms with Crippen molar-refractivity contribution in [1.29, 1.82) is 5.26 Å². The lowest BCUT2D eigenvalue weighted by Gasteiger charge is -2.09. The highest BCUT2D eigenvalue weighted by molar-refractivity contribution is 9.10. The van der Waals surface area contributed by atoms with Gasteiger partial charge in [-0.1, -0.05) is 0 Å². The third kappa shape index (κ3) is 5.11. The van der Waals surface area contributed by atoms with E-state index in [4.69, 9.17) is 10.00 Å². The molecule has 0 saturated heterocycles. The molecule has 92 valence electrons. The zero-order chi connectivity index (χ0) is 12.7. The van der Waals surface area contributed by atoms with Gasteiger partial charge < -0.3 is 10.1 Å². The largest absolute Gasteiger partial charge is 0.382 e. The number of anilines is 1. The average molecular weight is 305 g/mol. The molecule has 0 atom stereocenters. The van der Waals surface area contributed by atoms with Gasteiger partial charge >= 0.3 is 0 Å². The van der Waals surface area contributed by atoms with Crippen molar-refractivity contribution in [3.8, 4) is 6.07 Å². The molecule has 0 bridgehead atoms. The average Bonchev–Trinajstić information content (AvgIpc) is 2.30. The van der Waals surface area contributed by atoms with Crippen LogP contribution >= 0.6 is 15.9 Å². The van der Waals surface area contributed by atoms with Crippen molar-refractivity contribution >= 4 is 21.6 Å². The topological polar surface area (TPSA) is 45.0 Å². The van der Waals surface area contributed by atoms with E-state index in [0.29, 0.717) is 12.1 Å². The van der Waals surface area contributed by atoms with Crippen LogP contribution in [0.3, 0.4) is 0 Å². The Balaban J connectivity index is 2.35. The molecule has 1 rings (SSSR count). The number of alkyl halides is 2. The molecule has 0 aliphatic rings. The lowest BCUT2D eigenvalue weighted by molar-refractivity contribution is 0.0215. The highest BCUT2D eigenvalue weighted by Gasteiger charge is 2.02. The Labute approximate surface area is 107 Å². The van der Waals surface area contributed by atoms with E-state index in [-0.39, 0.29) is 6.61 Å². The monoisotopic (exact) mass is 304 g/mol. The fourth-order valence-corrected chi connectivity index (χ4v) is 1.68. The minimum Gasteiger partial charge on any atom is -0.382 e. The van der Waals surface area contributed by atoms with Crippen molar-refractivity contribution in [2.75, 3.05) is 25.1 Å². The molecular weight excluding hydrogens is 294 g/mol. The second-order valence-electron chi connectivity index (χ2n) is 3.20. The predicted molar refractivity (Wildman–Crippen MR) is 64.2 cm³/mol. The second-order valence-corrected chi connectivity index (χ2v) is 4.05. The SMILES string of the molecule is N#Cc1ccc(NCCOCC(F)F)c(Br)c1. The van der Waals surface area contributed by atoms with E-state index >= 15 is 0 Å². The van der Waals surface area contributed by atoms with Gasteiger partial charge in [-0.3, -0.25) is 0 Å². The summed E-state index contributed by atoms with van der Waals surface area (Å²) >= 11 is 3.31. The van der Waals surface area contributed by atoms with Crippen LogP contribution in [0.15, 0.2) is 22.7 Å². The first kappa shape index (κ1) is 13.9. The molecule has 0 spiro atoms. The maximum absolute atomic E-state index is 11.7. The van der Waals surface area contributed by atoms with Crippen molar-refractivity contribution in [1.82, 2.24) is 0 Å². The summed E-state index contributed by atoms with van der Waals surface area (Å²) in [6.45, 7) is 0.0875. The van der Waals surface area contributed by atoms with Gasteiger partial charge in [-0.05, 0) is 34.1 Å². The highest BCUT2D eigenvalue weighted by atomic mass is 79.9. The fraction of sp³-hybridized carbons (Fsp3) is 0.364. The van der Waals surface area contributed by atoms with Gasteiger partial charge in [-0.25, -0.2) is 8.78 Å². The third-order valence-electron chi connectivity index (χ3n) is 1.90. The summed E-state index contributed by atoms with van der Waals surface area (Å²) in [5.74, 6) is 0. The lowest BCUT2D eigenvalue weighted by atomic mass is 10.2. The Hall–Kier alpha value is -1.19. The van der Waals surface area contributed by atoms with E-state index in [1.54, 1.807) is 18.2 Å². The number of nitrogens with one attached hydrogen (secondary N) is 1. The predicted octanol–water partition coefficient (Wildman–Crippen LogP) is 3.01. The van der Waals surface area contributed by atoms with Crippen molar-refractivity contribution < 1.29 is 13.5 Å². The zero-order valence-corrected chi connectivity index (χ0v) is 10.5. The molecule has 0 unspecified atom stereocenters. The number of benzene rings is 1. The third-order valence-corrected chi connectivity index (χ3v) is 2.56. The van der Waals surface area contributed by atoms with Crippen LogP contribution in [0.25, 0.3) is 0 Å². The van der Waals surface area contributed by atoms with Crippen molar-refractivity contribution in [3.63, 3.8) is 0 Å². The van der Waals surface area contributed by atoms with Crippen LogP contribution in [0, 0.1) is 11.3 Å². The van der Waals surface area contributed by atoms with Gasteiger partial charge in [-0.15, -0.1) is 0 Å². The Kier molecular flexibility index (Phi) is 5.87. The summed E-state index contributed by atoms with van der Waals surface area (Å²) in [5.41, 5.74) is 1.35. The number of hydrogen-bond donors (Lipinski definition) is 1. The molecule has 17 heavy (non-hydrogen) atoms. The quantitative estimate of drug-likeness (QED) is 0.822. The van der Waals surface area contributed by atoms with E-state index in [1.807, 2.05) is 6.07 Å². The van der Waals surface area contributed by atoms with Gasteiger partial charge in [0.05, 0.1) is 18.2 Å². The molecule has 1 aromatic carbocycles. The normalized spacial score (nSPS) is 10.3. The van der Waals surface area contributed by atoms with Crippen LogP contribution in [0.2, 0.25) is 0 Å². The van der Waals surface area contributed by atoms with Crippen molar-refractivity contribution in [2.24, 2.45) is 0 Å². The molecule has 0 aliphatic heterocycles. The Morgan fingerprint density at radius 3 is 2.82 bits per heavy atom. The number of nitrogens with zero attached hydrogens (tertiary/aromatic N) is 1. The molecule has 0 amide bonds. The molecular formula is C11H11BrF2N2O. The van der Waals surface area contributed by atoms with Crippen molar-refractivity contribution in [3.05, 3.63) is 28.2 Å². The summed E-state index contributed by atoms with van der Waals surface area (Å²) in [6, 6.07) is 7.12. The Bertz CT molecular complexity index is 407. The van der Waals surface area contributed by atoms with Crippen LogP contribution in [0.1, 0.15) is 5.56 Å². The van der Waals surface area contributed by atoms with Gasteiger partial charge in [-0.2, -0.15) is 5.26 Å². The first-order valence-corrected chi connectivity index (χ1v) is 5.72. The fourth-order valence-electron chi connectivity index (χ4n) is 1.16. The van der Waals surface area contributed by atoms with Crippen molar-refractivity contribution in [2.45, 2.75) is 6.43 Å². The molecule has 6 heteroatoms. The summed E-state index contributed by atoms with van der Waals surface area (Å²) in [7, 11) is 0. The number of nitriles is 1. The summed E-state index contributed by atoms with van der Waals surface area (Å²) in [5, 5.41) is 11.7. The Morgan fingerprint density at radius 1 is 1.47 bits per heavy atom. The summed E-state index contributed by atoms with van der Waals surface area (Å²) < 4.78 is 29.0. The maximum Gasteiger partial charge on any atom is 0.261 e. The maximum atomic E-state index is 11.7. The van der Waals surface area contributed by atoms with Crippen LogP contribution in [0.4, 0.5) is 14.5 Å². The second kappa shape index (κ2) is 7.20. The van der Waals surface area contributed by atoms with E-state index in [9.17, 15) is 8.78 Å². The molecule has 1 N–H and O–H groups in total. The molecule has 0 heterocycles. The molecule has 1 aromatic rings. The summed E-state index contributed by atoms with van der Waals surface area (Å²) in [6.07, 6.45) is -2.43. The number of hydrogen-bond acceptors (Lipinski definition) is 3. The zero-order valence-electron chi connectivity index (χ0n) is 8.92. The van der Waals surface area contributed by atoms with Crippen LogP contribution in [0.5, 0.6) is 0 Å². The first-order chi connectivity index (χ1) is 8.13. The standard InChI is InChI=1S/C11H11BrF2N2O/c12-9-5-8(6-15)1-2-10(9)16-3-4-17-7-11(13)14/h1-2,5,11,16H,3-4,7H2. The highest BCUT2D eigenvalue weighted by Crippen LogP contribution is 2.22. The first-order valence-electron chi connectivity index (χ1n) is 4.93. The summed E-state index contributed by atoms with van der Waals surface area (Å²) in [4.78, 5) is 0. The minimum atomic E-state index is -2.43. The number of halogens is 3. The van der Waals surface area contributed by atoms with Gasteiger partial charge in [0.2, 0.25) is 0 Å². The van der Waals surface area contributed by atoms with Crippen LogP contribution < -0.4 is 5.32 Å². The van der Waals surface area contributed by atoms with E-state index in [2.05, 4.69) is 21.2 Å². The minimum absolute atomic E-state index is 0.205.